The summed E-state index contributed by atoms with van der Waals surface area (Å²) in [4.78, 5) is 15.1. The number of pyridine rings is 1. The van der Waals surface area contributed by atoms with Crippen LogP contribution in [0.2, 0.25) is 0 Å². The average Bonchev–Trinajstić information content (AvgIpc) is 2.23. The maximum atomic E-state index is 11.8. The molecule has 0 radical (unpaired) electrons. The minimum Gasteiger partial charge on any atom is -0.384 e. The fourth-order valence-corrected chi connectivity index (χ4v) is 1.18. The fourth-order valence-electron chi connectivity index (χ4n) is 1.18. The number of nitrogen functional groups attached to an aromatic ring is 1. The number of halogens is 3. The van der Waals surface area contributed by atoms with Gasteiger partial charge in [-0.1, -0.05) is 0 Å². The zero-order chi connectivity index (χ0) is 12.9. The third-order valence-corrected chi connectivity index (χ3v) is 1.97. The third kappa shape index (κ3) is 5.19. The molecule has 0 saturated heterocycles. The zero-order valence-corrected chi connectivity index (χ0v) is 8.92. The van der Waals surface area contributed by atoms with E-state index >= 15 is 0 Å². The second kappa shape index (κ2) is 5.51. The number of hydrogen-bond acceptors (Lipinski definition) is 3. The molecule has 17 heavy (non-hydrogen) atoms. The number of nitrogens with one attached hydrogen (secondary N) is 1. The van der Waals surface area contributed by atoms with Gasteiger partial charge >= 0.3 is 6.18 Å². The summed E-state index contributed by atoms with van der Waals surface area (Å²) in [6.07, 6.45) is -3.88. The number of carbonyl (C=O) groups is 1. The summed E-state index contributed by atoms with van der Waals surface area (Å²) < 4.78 is 35.5. The number of rotatable bonds is 4. The molecule has 0 saturated carbocycles. The number of carbonyl (C=O) groups excluding carboxylic acids is 1. The Morgan fingerprint density at radius 2 is 2.18 bits per heavy atom. The molecule has 1 aromatic heterocycles. The summed E-state index contributed by atoms with van der Waals surface area (Å²) in [6.45, 7) is -0.0272. The number of alkyl halides is 3. The monoisotopic (exact) mass is 247 g/mol. The Labute approximate surface area is 96.0 Å². The lowest BCUT2D eigenvalue weighted by Gasteiger charge is -2.07. The van der Waals surface area contributed by atoms with Gasteiger partial charge in [0, 0.05) is 24.7 Å². The van der Waals surface area contributed by atoms with Crippen LogP contribution in [0.4, 0.5) is 19.0 Å². The summed E-state index contributed by atoms with van der Waals surface area (Å²) in [5, 5.41) is 2.38. The van der Waals surface area contributed by atoms with E-state index < -0.39 is 18.5 Å². The number of hydrogen-bond donors (Lipinski definition) is 2. The van der Waals surface area contributed by atoms with E-state index in [2.05, 4.69) is 10.3 Å². The highest BCUT2D eigenvalue weighted by molar-refractivity contribution is 5.94. The number of nitrogens with two attached hydrogens (primary N) is 1. The van der Waals surface area contributed by atoms with E-state index in [9.17, 15) is 18.0 Å². The van der Waals surface area contributed by atoms with Crippen molar-refractivity contribution >= 4 is 11.7 Å². The molecular weight excluding hydrogens is 235 g/mol. The number of amides is 1. The minimum atomic E-state index is -4.19. The lowest BCUT2D eigenvalue weighted by atomic mass is 10.2. The Balaban J connectivity index is 2.36. The molecule has 1 amide bonds. The topological polar surface area (TPSA) is 68.0 Å². The van der Waals surface area contributed by atoms with Crippen molar-refractivity contribution in [1.29, 1.82) is 0 Å². The molecule has 0 unspecified atom stereocenters. The molecule has 1 aromatic rings. The van der Waals surface area contributed by atoms with Gasteiger partial charge < -0.3 is 11.1 Å². The first-order valence-corrected chi connectivity index (χ1v) is 4.95. The lowest BCUT2D eigenvalue weighted by molar-refractivity contribution is -0.135. The van der Waals surface area contributed by atoms with Gasteiger partial charge in [-0.3, -0.25) is 4.79 Å². The van der Waals surface area contributed by atoms with Gasteiger partial charge in [0.15, 0.2) is 0 Å². The summed E-state index contributed by atoms with van der Waals surface area (Å²) in [5.74, 6) is -0.269. The maximum Gasteiger partial charge on any atom is 0.389 e. The van der Waals surface area contributed by atoms with E-state index in [1.807, 2.05) is 0 Å². The van der Waals surface area contributed by atoms with E-state index in [4.69, 9.17) is 5.73 Å². The SMILES string of the molecule is Nc1cc(C(=O)NCCCC(F)(F)F)ccn1. The van der Waals surface area contributed by atoms with Crippen LogP contribution in [0.15, 0.2) is 18.3 Å². The molecular formula is C10H12F3N3O. The highest BCUT2D eigenvalue weighted by atomic mass is 19.4. The van der Waals surface area contributed by atoms with Crippen molar-refractivity contribution in [3.8, 4) is 0 Å². The Kier molecular flexibility index (Phi) is 4.30. The van der Waals surface area contributed by atoms with Gasteiger partial charge in [-0.05, 0) is 18.6 Å². The number of aromatic nitrogens is 1. The molecule has 0 aromatic carbocycles. The van der Waals surface area contributed by atoms with Crippen LogP contribution in [0.3, 0.4) is 0 Å². The van der Waals surface area contributed by atoms with Crippen molar-refractivity contribution in [3.05, 3.63) is 23.9 Å². The molecule has 0 atom stereocenters. The van der Waals surface area contributed by atoms with Crippen LogP contribution >= 0.6 is 0 Å². The van der Waals surface area contributed by atoms with Crippen LogP contribution in [0.5, 0.6) is 0 Å². The van der Waals surface area contributed by atoms with E-state index in [1.165, 1.54) is 18.3 Å². The van der Waals surface area contributed by atoms with Gasteiger partial charge in [0.2, 0.25) is 0 Å². The highest BCUT2D eigenvalue weighted by Crippen LogP contribution is 2.20. The molecule has 4 nitrogen and oxygen atoms in total. The lowest BCUT2D eigenvalue weighted by Crippen LogP contribution is -2.25. The van der Waals surface area contributed by atoms with E-state index in [1.54, 1.807) is 0 Å². The predicted octanol–water partition coefficient (Wildman–Crippen LogP) is 1.74. The van der Waals surface area contributed by atoms with Crippen molar-refractivity contribution in [1.82, 2.24) is 10.3 Å². The van der Waals surface area contributed by atoms with Gasteiger partial charge in [-0.2, -0.15) is 13.2 Å². The summed E-state index contributed by atoms with van der Waals surface area (Å²) in [5.41, 5.74) is 5.65. The van der Waals surface area contributed by atoms with Crippen LogP contribution < -0.4 is 11.1 Å². The van der Waals surface area contributed by atoms with E-state index in [-0.39, 0.29) is 24.3 Å². The van der Waals surface area contributed by atoms with Gasteiger partial charge in [0.25, 0.3) is 5.91 Å². The largest absolute Gasteiger partial charge is 0.389 e. The fraction of sp³-hybridized carbons (Fsp3) is 0.400. The summed E-state index contributed by atoms with van der Waals surface area (Å²) >= 11 is 0. The van der Waals surface area contributed by atoms with Crippen LogP contribution in [-0.2, 0) is 0 Å². The molecule has 0 spiro atoms. The van der Waals surface area contributed by atoms with Crippen LogP contribution in [0.1, 0.15) is 23.2 Å². The standard InChI is InChI=1S/C10H12F3N3O/c11-10(12,13)3-1-4-16-9(17)7-2-5-15-8(14)6-7/h2,5-6H,1,3-4H2,(H2,14,15)(H,16,17). The average molecular weight is 247 g/mol. The van der Waals surface area contributed by atoms with Crippen molar-refractivity contribution in [2.45, 2.75) is 19.0 Å². The third-order valence-electron chi connectivity index (χ3n) is 1.97. The molecule has 7 heteroatoms. The molecule has 3 N–H and O–H groups in total. The second-order valence-corrected chi connectivity index (χ2v) is 3.44. The minimum absolute atomic E-state index is 0.0272. The van der Waals surface area contributed by atoms with Crippen molar-refractivity contribution in [2.24, 2.45) is 0 Å². The maximum absolute atomic E-state index is 11.8. The first kappa shape index (κ1) is 13.3. The van der Waals surface area contributed by atoms with Gasteiger partial charge in [0.05, 0.1) is 0 Å². The van der Waals surface area contributed by atoms with E-state index in [0.717, 1.165) is 0 Å². The normalized spacial score (nSPS) is 11.2. The Bertz CT molecular complexity index is 393. The van der Waals surface area contributed by atoms with Gasteiger partial charge in [0.1, 0.15) is 5.82 Å². The van der Waals surface area contributed by atoms with Crippen LogP contribution in [0.25, 0.3) is 0 Å². The number of nitrogens with zero attached hydrogens (tertiary/aromatic N) is 1. The molecule has 94 valence electrons. The van der Waals surface area contributed by atoms with Gasteiger partial charge in [-0.25, -0.2) is 4.98 Å². The molecule has 0 aliphatic heterocycles. The molecule has 1 rings (SSSR count). The second-order valence-electron chi connectivity index (χ2n) is 3.44. The quantitative estimate of drug-likeness (QED) is 0.796. The van der Waals surface area contributed by atoms with Crippen LogP contribution in [-0.4, -0.2) is 23.6 Å². The van der Waals surface area contributed by atoms with E-state index in [0.29, 0.717) is 0 Å². The van der Waals surface area contributed by atoms with Gasteiger partial charge in [-0.15, -0.1) is 0 Å². The van der Waals surface area contributed by atoms with Crippen LogP contribution in [0, 0.1) is 0 Å². The smallest absolute Gasteiger partial charge is 0.384 e. The zero-order valence-electron chi connectivity index (χ0n) is 8.92. The molecule has 1 heterocycles. The molecule has 0 fully saturated rings. The van der Waals surface area contributed by atoms with Crippen molar-refractivity contribution < 1.29 is 18.0 Å². The van der Waals surface area contributed by atoms with Crippen molar-refractivity contribution in [3.63, 3.8) is 0 Å². The molecule has 0 aliphatic carbocycles. The molecule has 0 bridgehead atoms. The number of anilines is 1. The summed E-state index contributed by atoms with van der Waals surface area (Å²) in [7, 11) is 0. The first-order valence-electron chi connectivity index (χ1n) is 4.95. The van der Waals surface area contributed by atoms with Crippen molar-refractivity contribution in [2.75, 3.05) is 12.3 Å². The Morgan fingerprint density at radius 3 is 2.76 bits per heavy atom. The Hall–Kier alpha value is -1.79. The molecule has 0 aliphatic rings. The predicted molar refractivity (Wildman–Crippen MR) is 56.3 cm³/mol. The summed E-state index contributed by atoms with van der Waals surface area (Å²) in [6, 6.07) is 2.80. The first-order chi connectivity index (χ1) is 7.88. The Morgan fingerprint density at radius 1 is 1.47 bits per heavy atom. The highest BCUT2D eigenvalue weighted by Gasteiger charge is 2.25.